The zero-order chi connectivity index (χ0) is 21.9. The van der Waals surface area contributed by atoms with Gasteiger partial charge < -0.3 is 0 Å². The number of nitrogens with zero attached hydrogens (tertiary/aromatic N) is 2. The van der Waals surface area contributed by atoms with Crippen LogP contribution in [0.1, 0.15) is 11.1 Å². The number of anilines is 1. The molecule has 3 rings (SSSR count). The van der Waals surface area contributed by atoms with Crippen molar-refractivity contribution in [1.29, 1.82) is 0 Å². The molecule has 0 radical (unpaired) electrons. The molecule has 0 saturated heterocycles. The Kier molecular flexibility index (Phi) is 5.79. The van der Waals surface area contributed by atoms with Gasteiger partial charge in [-0.25, -0.2) is 8.42 Å². The quantitative estimate of drug-likeness (QED) is 0.402. The molecule has 0 unspecified atom stereocenters. The number of nitro groups is 1. The molecule has 0 aromatic heterocycles. The standard InChI is InChI=1S/C20H15F3N2O4S/c21-20(22,23)16-6-8-17(9-7-16)24(14-15-4-2-1-3-5-15)30(28,29)19-12-10-18(11-13-19)25(26)27/h1-13H,14H2. The van der Waals surface area contributed by atoms with Gasteiger partial charge in [-0.15, -0.1) is 0 Å². The lowest BCUT2D eigenvalue weighted by Gasteiger charge is -2.25. The molecule has 10 heteroatoms. The van der Waals surface area contributed by atoms with Crippen LogP contribution in [-0.4, -0.2) is 13.3 Å². The fraction of sp³-hybridized carbons (Fsp3) is 0.100. The van der Waals surface area contributed by atoms with Gasteiger partial charge in [0.25, 0.3) is 15.7 Å². The van der Waals surface area contributed by atoms with Gasteiger partial charge in [0.05, 0.1) is 27.6 Å². The molecule has 3 aromatic rings. The highest BCUT2D eigenvalue weighted by atomic mass is 32.2. The lowest BCUT2D eigenvalue weighted by Crippen LogP contribution is -2.30. The van der Waals surface area contributed by atoms with Gasteiger partial charge in [-0.3, -0.25) is 14.4 Å². The summed E-state index contributed by atoms with van der Waals surface area (Å²) in [4.78, 5) is 9.95. The van der Waals surface area contributed by atoms with Gasteiger partial charge in [0.15, 0.2) is 0 Å². The molecule has 0 saturated carbocycles. The Morgan fingerprint density at radius 2 is 1.43 bits per heavy atom. The first kappa shape index (κ1) is 21.3. The summed E-state index contributed by atoms with van der Waals surface area (Å²) in [6.45, 7) is -0.133. The van der Waals surface area contributed by atoms with Crippen LogP contribution in [0.4, 0.5) is 24.5 Å². The van der Waals surface area contributed by atoms with E-state index in [1.54, 1.807) is 30.3 Å². The molecular formula is C20H15F3N2O4S. The molecule has 30 heavy (non-hydrogen) atoms. The number of sulfonamides is 1. The van der Waals surface area contributed by atoms with Crippen LogP contribution in [0.2, 0.25) is 0 Å². The highest BCUT2D eigenvalue weighted by Crippen LogP contribution is 2.32. The van der Waals surface area contributed by atoms with Crippen LogP contribution in [0.5, 0.6) is 0 Å². The van der Waals surface area contributed by atoms with Crippen molar-refractivity contribution in [3.05, 3.63) is 100 Å². The van der Waals surface area contributed by atoms with E-state index in [-0.39, 0.29) is 22.8 Å². The lowest BCUT2D eigenvalue weighted by molar-refractivity contribution is -0.384. The Balaban J connectivity index is 2.05. The summed E-state index contributed by atoms with van der Waals surface area (Å²) in [6.07, 6.45) is -4.56. The van der Waals surface area contributed by atoms with Crippen LogP contribution in [0.3, 0.4) is 0 Å². The van der Waals surface area contributed by atoms with E-state index in [4.69, 9.17) is 0 Å². The summed E-state index contributed by atoms with van der Waals surface area (Å²) >= 11 is 0. The number of nitro benzene ring substituents is 1. The first-order valence-corrected chi connectivity index (χ1v) is 10.0. The molecular weight excluding hydrogens is 421 g/mol. The number of benzene rings is 3. The smallest absolute Gasteiger partial charge is 0.262 e. The predicted molar refractivity (Wildman–Crippen MR) is 104 cm³/mol. The molecule has 0 fully saturated rings. The number of hydrogen-bond acceptors (Lipinski definition) is 4. The predicted octanol–water partition coefficient (Wildman–Crippen LogP) is 5.01. The number of halogens is 3. The SMILES string of the molecule is O=[N+]([O-])c1ccc(S(=O)(=O)N(Cc2ccccc2)c2ccc(C(F)(F)F)cc2)cc1. The van der Waals surface area contributed by atoms with Crippen molar-refractivity contribution < 1.29 is 26.5 Å². The van der Waals surface area contributed by atoms with Gasteiger partial charge in [0, 0.05) is 12.1 Å². The minimum atomic E-state index is -4.56. The molecule has 0 N–H and O–H groups in total. The van der Waals surface area contributed by atoms with Gasteiger partial charge in [-0.05, 0) is 42.0 Å². The van der Waals surface area contributed by atoms with Crippen LogP contribution < -0.4 is 4.31 Å². The molecule has 0 aliphatic rings. The van der Waals surface area contributed by atoms with E-state index >= 15 is 0 Å². The zero-order valence-electron chi connectivity index (χ0n) is 15.3. The van der Waals surface area contributed by atoms with E-state index < -0.39 is 26.7 Å². The maximum absolute atomic E-state index is 13.2. The van der Waals surface area contributed by atoms with E-state index in [1.165, 1.54) is 0 Å². The van der Waals surface area contributed by atoms with E-state index in [2.05, 4.69) is 0 Å². The number of rotatable bonds is 6. The van der Waals surface area contributed by atoms with Crippen LogP contribution in [0.25, 0.3) is 0 Å². The van der Waals surface area contributed by atoms with E-state index in [1.807, 2.05) is 0 Å². The maximum atomic E-state index is 13.2. The molecule has 0 heterocycles. The second-order valence-corrected chi connectivity index (χ2v) is 8.16. The summed E-state index contributed by atoms with van der Waals surface area (Å²) in [5.41, 5.74) is -0.537. The summed E-state index contributed by atoms with van der Waals surface area (Å²) < 4.78 is 66.1. The molecule has 0 aliphatic carbocycles. The zero-order valence-corrected chi connectivity index (χ0v) is 16.1. The topological polar surface area (TPSA) is 80.5 Å². The average molecular weight is 436 g/mol. The van der Waals surface area contributed by atoms with Crippen molar-refractivity contribution >= 4 is 21.4 Å². The normalized spacial score (nSPS) is 11.8. The third kappa shape index (κ3) is 4.60. The van der Waals surface area contributed by atoms with Gasteiger partial charge in [0.1, 0.15) is 0 Å². The summed E-state index contributed by atoms with van der Waals surface area (Å²) in [7, 11) is -4.21. The van der Waals surface area contributed by atoms with E-state index in [0.717, 1.165) is 52.8 Å². The first-order chi connectivity index (χ1) is 14.1. The second-order valence-electron chi connectivity index (χ2n) is 6.29. The van der Waals surface area contributed by atoms with Crippen LogP contribution >= 0.6 is 0 Å². The maximum Gasteiger partial charge on any atom is 0.416 e. The lowest BCUT2D eigenvalue weighted by atomic mass is 10.2. The summed E-state index contributed by atoms with van der Waals surface area (Å²) in [6, 6.07) is 16.6. The minimum absolute atomic E-state index is 0.0326. The molecule has 6 nitrogen and oxygen atoms in total. The summed E-state index contributed by atoms with van der Waals surface area (Å²) in [5, 5.41) is 10.8. The molecule has 156 valence electrons. The number of hydrogen-bond donors (Lipinski definition) is 0. The Labute approximate surface area is 170 Å². The fourth-order valence-electron chi connectivity index (χ4n) is 2.75. The molecule has 0 bridgehead atoms. The molecule has 0 spiro atoms. The number of non-ortho nitro benzene ring substituents is 1. The second kappa shape index (κ2) is 8.15. The highest BCUT2D eigenvalue weighted by Gasteiger charge is 2.31. The fourth-order valence-corrected chi connectivity index (χ4v) is 4.20. The first-order valence-electron chi connectivity index (χ1n) is 8.57. The summed E-state index contributed by atoms with van der Waals surface area (Å²) in [5.74, 6) is 0. The van der Waals surface area contributed by atoms with Gasteiger partial charge in [0.2, 0.25) is 0 Å². The van der Waals surface area contributed by atoms with Gasteiger partial charge >= 0.3 is 6.18 Å². The number of alkyl halides is 3. The third-order valence-corrected chi connectivity index (χ3v) is 6.08. The van der Waals surface area contributed by atoms with E-state index in [9.17, 15) is 31.7 Å². The Bertz CT molecular complexity index is 1130. The highest BCUT2D eigenvalue weighted by molar-refractivity contribution is 7.92. The largest absolute Gasteiger partial charge is 0.416 e. The monoisotopic (exact) mass is 436 g/mol. The van der Waals surface area contributed by atoms with Crippen molar-refractivity contribution in [2.45, 2.75) is 17.6 Å². The van der Waals surface area contributed by atoms with Crippen LogP contribution in [0.15, 0.2) is 83.8 Å². The van der Waals surface area contributed by atoms with Crippen molar-refractivity contribution in [3.8, 4) is 0 Å². The van der Waals surface area contributed by atoms with Gasteiger partial charge in [-0.1, -0.05) is 30.3 Å². The molecule has 0 amide bonds. The van der Waals surface area contributed by atoms with Crippen molar-refractivity contribution in [1.82, 2.24) is 0 Å². The van der Waals surface area contributed by atoms with Crippen LogP contribution in [-0.2, 0) is 22.7 Å². The van der Waals surface area contributed by atoms with Crippen molar-refractivity contribution in [3.63, 3.8) is 0 Å². The minimum Gasteiger partial charge on any atom is -0.262 e. The van der Waals surface area contributed by atoms with Crippen molar-refractivity contribution in [2.75, 3.05) is 4.31 Å². The molecule has 0 atom stereocenters. The van der Waals surface area contributed by atoms with Gasteiger partial charge in [-0.2, -0.15) is 13.2 Å². The average Bonchev–Trinajstić information content (AvgIpc) is 2.72. The van der Waals surface area contributed by atoms with E-state index in [0.29, 0.717) is 5.56 Å². The van der Waals surface area contributed by atoms with Crippen LogP contribution in [0, 0.1) is 10.1 Å². The molecule has 3 aromatic carbocycles. The van der Waals surface area contributed by atoms with Crippen molar-refractivity contribution in [2.24, 2.45) is 0 Å². The Morgan fingerprint density at radius 3 is 1.93 bits per heavy atom. The molecule has 0 aliphatic heterocycles. The Morgan fingerprint density at radius 1 is 0.867 bits per heavy atom. The Hall–Kier alpha value is -3.40. The third-order valence-electron chi connectivity index (χ3n) is 4.29.